The van der Waals surface area contributed by atoms with Crippen molar-refractivity contribution in [1.29, 1.82) is 0 Å². The van der Waals surface area contributed by atoms with Crippen molar-refractivity contribution in [2.24, 2.45) is 0 Å². The van der Waals surface area contributed by atoms with Crippen LogP contribution in [0.1, 0.15) is 68.0 Å². The van der Waals surface area contributed by atoms with E-state index in [1.54, 1.807) is 19.2 Å². The summed E-state index contributed by atoms with van der Waals surface area (Å²) in [5.74, 6) is 0.0515. The van der Waals surface area contributed by atoms with Crippen molar-refractivity contribution in [3.8, 4) is 0 Å². The Balaban J connectivity index is 1.82. The molecule has 5 heteroatoms. The molecule has 2 amide bonds. The highest BCUT2D eigenvalue weighted by molar-refractivity contribution is 5.93. The molecule has 3 heterocycles. The summed E-state index contributed by atoms with van der Waals surface area (Å²) < 4.78 is 0. The smallest absolute Gasteiger partial charge is 0.273 e. The second-order valence-electron chi connectivity index (χ2n) is 8.45. The van der Waals surface area contributed by atoms with E-state index < -0.39 is 0 Å². The van der Waals surface area contributed by atoms with Crippen LogP contribution in [0.15, 0.2) is 54.7 Å². The van der Waals surface area contributed by atoms with E-state index in [4.69, 9.17) is 0 Å². The molecule has 152 valence electrons. The third-order valence-corrected chi connectivity index (χ3v) is 6.65. The molecule has 2 aliphatic rings. The van der Waals surface area contributed by atoms with E-state index in [0.717, 1.165) is 44.2 Å². The molecule has 2 aliphatic heterocycles. The van der Waals surface area contributed by atoms with E-state index in [2.05, 4.69) is 24.0 Å². The van der Waals surface area contributed by atoms with Gasteiger partial charge in [0.2, 0.25) is 5.91 Å². The minimum atomic E-state index is -0.378. The Bertz CT molecular complexity index is 870. The van der Waals surface area contributed by atoms with Crippen LogP contribution in [-0.2, 0) is 4.79 Å². The first-order valence-corrected chi connectivity index (χ1v) is 10.6. The fourth-order valence-electron chi connectivity index (χ4n) is 5.30. The van der Waals surface area contributed by atoms with Crippen LogP contribution < -0.4 is 0 Å². The van der Waals surface area contributed by atoms with Crippen molar-refractivity contribution in [3.05, 3.63) is 66.0 Å². The van der Waals surface area contributed by atoms with Crippen LogP contribution >= 0.6 is 0 Å². The topological polar surface area (TPSA) is 53.5 Å². The van der Waals surface area contributed by atoms with Crippen molar-refractivity contribution in [2.45, 2.75) is 63.6 Å². The van der Waals surface area contributed by atoms with Gasteiger partial charge in [-0.1, -0.05) is 49.2 Å². The maximum Gasteiger partial charge on any atom is 0.273 e. The van der Waals surface area contributed by atoms with Crippen LogP contribution in [0, 0.1) is 0 Å². The fraction of sp³-hybridized carbons (Fsp3) is 0.458. The normalized spacial score (nSPS) is 27.1. The Morgan fingerprint density at radius 1 is 1.03 bits per heavy atom. The number of hydrogen-bond donors (Lipinski definition) is 0. The molecule has 0 radical (unpaired) electrons. The third kappa shape index (κ3) is 3.54. The van der Waals surface area contributed by atoms with Crippen LogP contribution in [0.2, 0.25) is 0 Å². The average molecular weight is 392 g/mol. The molecule has 4 rings (SSSR count). The predicted molar refractivity (Wildman–Crippen MR) is 112 cm³/mol. The average Bonchev–Trinajstić information content (AvgIpc) is 3.01. The Morgan fingerprint density at radius 2 is 1.79 bits per heavy atom. The van der Waals surface area contributed by atoms with Crippen molar-refractivity contribution in [2.75, 3.05) is 6.54 Å². The van der Waals surface area contributed by atoms with E-state index >= 15 is 0 Å². The maximum atomic E-state index is 13.7. The SMILES string of the molecule is CC(=O)N1CCCCC[C@@H]2N(C(=O)c3ccccn3)[C@H](c3ccccc3)C[C@@]21C. The standard InChI is InChI=1S/C24H29N3O2/c1-18(28)26-16-10-4-7-14-22-24(26,2)17-21(19-11-5-3-6-12-19)27(22)23(29)20-13-8-9-15-25-20/h3,5-6,8-9,11-13,15,21-22H,4,7,10,14,16-17H2,1-2H3/t21-,22-,24-/m0/s1. The first-order chi connectivity index (χ1) is 14.0. The molecule has 0 saturated carbocycles. The van der Waals surface area contributed by atoms with Gasteiger partial charge in [0.15, 0.2) is 0 Å². The molecule has 0 spiro atoms. The van der Waals surface area contributed by atoms with Gasteiger partial charge in [-0.25, -0.2) is 0 Å². The Labute approximate surface area is 172 Å². The highest BCUT2D eigenvalue weighted by atomic mass is 16.2. The van der Waals surface area contributed by atoms with E-state index in [1.807, 2.05) is 40.1 Å². The highest BCUT2D eigenvalue weighted by Gasteiger charge is 2.55. The molecule has 0 N–H and O–H groups in total. The number of hydrogen-bond acceptors (Lipinski definition) is 3. The molecule has 3 atom stereocenters. The zero-order chi connectivity index (χ0) is 20.4. The number of benzene rings is 1. The molecule has 0 aliphatic carbocycles. The molecule has 0 bridgehead atoms. The number of amides is 2. The second-order valence-corrected chi connectivity index (χ2v) is 8.45. The first-order valence-electron chi connectivity index (χ1n) is 10.6. The first kappa shape index (κ1) is 19.6. The summed E-state index contributed by atoms with van der Waals surface area (Å²) in [5, 5.41) is 0. The molecular weight excluding hydrogens is 362 g/mol. The monoisotopic (exact) mass is 391 g/mol. The molecule has 2 fully saturated rings. The zero-order valence-electron chi connectivity index (χ0n) is 17.3. The van der Waals surface area contributed by atoms with Gasteiger partial charge in [-0.05, 0) is 43.9 Å². The van der Waals surface area contributed by atoms with E-state index in [9.17, 15) is 9.59 Å². The molecule has 29 heavy (non-hydrogen) atoms. The van der Waals surface area contributed by atoms with Gasteiger partial charge in [-0.3, -0.25) is 14.6 Å². The van der Waals surface area contributed by atoms with Crippen molar-refractivity contribution < 1.29 is 9.59 Å². The molecule has 5 nitrogen and oxygen atoms in total. The van der Waals surface area contributed by atoms with Crippen molar-refractivity contribution >= 4 is 11.8 Å². The summed E-state index contributed by atoms with van der Waals surface area (Å²) in [6.07, 6.45) is 6.49. The largest absolute Gasteiger partial charge is 0.335 e. The van der Waals surface area contributed by atoms with Gasteiger partial charge in [0.25, 0.3) is 5.91 Å². The molecule has 1 aromatic heterocycles. The summed E-state index contributed by atoms with van der Waals surface area (Å²) in [7, 11) is 0. The van der Waals surface area contributed by atoms with Gasteiger partial charge in [-0.2, -0.15) is 0 Å². The molecule has 2 aromatic rings. The molecule has 0 unspecified atom stereocenters. The molecule has 1 aromatic carbocycles. The van der Waals surface area contributed by atoms with Crippen LogP contribution in [0.25, 0.3) is 0 Å². The van der Waals surface area contributed by atoms with Crippen molar-refractivity contribution in [3.63, 3.8) is 0 Å². The Hall–Kier alpha value is -2.69. The lowest BCUT2D eigenvalue weighted by Crippen LogP contribution is -2.58. The van der Waals surface area contributed by atoms with Gasteiger partial charge in [-0.15, -0.1) is 0 Å². The Kier molecular flexibility index (Phi) is 5.39. The fourth-order valence-corrected chi connectivity index (χ4v) is 5.30. The van der Waals surface area contributed by atoms with Gasteiger partial charge in [0.05, 0.1) is 17.6 Å². The lowest BCUT2D eigenvalue weighted by Gasteiger charge is -2.45. The van der Waals surface area contributed by atoms with Crippen LogP contribution in [-0.4, -0.2) is 44.7 Å². The van der Waals surface area contributed by atoms with Gasteiger partial charge < -0.3 is 9.80 Å². The van der Waals surface area contributed by atoms with Crippen LogP contribution in [0.3, 0.4) is 0 Å². The highest BCUT2D eigenvalue weighted by Crippen LogP contribution is 2.48. The van der Waals surface area contributed by atoms with E-state index in [0.29, 0.717) is 5.69 Å². The molecule has 2 saturated heterocycles. The number of pyridine rings is 1. The van der Waals surface area contributed by atoms with E-state index in [1.165, 1.54) is 0 Å². The number of aromatic nitrogens is 1. The van der Waals surface area contributed by atoms with Crippen LogP contribution in [0.5, 0.6) is 0 Å². The molecular formula is C24H29N3O2. The van der Waals surface area contributed by atoms with Gasteiger partial charge in [0, 0.05) is 19.7 Å². The lowest BCUT2D eigenvalue weighted by atomic mass is 9.83. The van der Waals surface area contributed by atoms with Crippen LogP contribution in [0.4, 0.5) is 0 Å². The minimum Gasteiger partial charge on any atom is -0.335 e. The van der Waals surface area contributed by atoms with Crippen molar-refractivity contribution in [1.82, 2.24) is 14.8 Å². The number of rotatable bonds is 2. The van der Waals surface area contributed by atoms with Gasteiger partial charge >= 0.3 is 0 Å². The Morgan fingerprint density at radius 3 is 2.48 bits per heavy atom. The number of likely N-dealkylation sites (tertiary alicyclic amines) is 2. The maximum absolute atomic E-state index is 13.7. The zero-order valence-corrected chi connectivity index (χ0v) is 17.3. The lowest BCUT2D eigenvalue weighted by molar-refractivity contribution is -0.136. The number of fused-ring (bicyclic) bond motifs is 1. The summed E-state index contributed by atoms with van der Waals surface area (Å²) in [6.45, 7) is 4.59. The van der Waals surface area contributed by atoms with Gasteiger partial charge in [0.1, 0.15) is 5.69 Å². The quantitative estimate of drug-likeness (QED) is 0.770. The summed E-state index contributed by atoms with van der Waals surface area (Å²) in [6, 6.07) is 15.6. The summed E-state index contributed by atoms with van der Waals surface area (Å²) in [4.78, 5) is 34.7. The number of carbonyl (C=O) groups is 2. The number of nitrogens with zero attached hydrogens (tertiary/aromatic N) is 3. The summed E-state index contributed by atoms with van der Waals surface area (Å²) >= 11 is 0. The predicted octanol–water partition coefficient (Wildman–Crippen LogP) is 4.22. The second kappa shape index (κ2) is 7.97. The third-order valence-electron chi connectivity index (χ3n) is 6.65. The minimum absolute atomic E-state index is 0.0218. The number of carbonyl (C=O) groups excluding carboxylic acids is 2. The summed E-state index contributed by atoms with van der Waals surface area (Å²) in [5.41, 5.74) is 1.21. The van der Waals surface area contributed by atoms with E-state index in [-0.39, 0.29) is 29.4 Å².